The normalized spacial score (nSPS) is 17.8. The van der Waals surface area contributed by atoms with Crippen molar-refractivity contribution in [2.45, 2.75) is 45.4 Å². The van der Waals surface area contributed by atoms with Gasteiger partial charge in [0, 0.05) is 19.0 Å². The van der Waals surface area contributed by atoms with Crippen molar-refractivity contribution < 1.29 is 17.9 Å². The number of hydrogen-bond donors (Lipinski definition) is 2. The van der Waals surface area contributed by atoms with Crippen LogP contribution in [0.2, 0.25) is 0 Å². The summed E-state index contributed by atoms with van der Waals surface area (Å²) in [5, 5.41) is 4.76. The molecule has 2 aliphatic rings. The van der Waals surface area contributed by atoms with E-state index in [1.165, 1.54) is 4.31 Å². The number of benzene rings is 1. The van der Waals surface area contributed by atoms with Gasteiger partial charge >= 0.3 is 10.2 Å². The zero-order valence-corrected chi connectivity index (χ0v) is 20.7. The summed E-state index contributed by atoms with van der Waals surface area (Å²) < 4.78 is 42.4. The van der Waals surface area contributed by atoms with E-state index in [0.29, 0.717) is 48.0 Å². The third-order valence-electron chi connectivity index (χ3n) is 6.51. The van der Waals surface area contributed by atoms with Gasteiger partial charge in [0.05, 0.1) is 36.8 Å². The maximum absolute atomic E-state index is 13.1. The SMILES string of the molecule is CCOc1ccc(NS(=O)(=O)N2CCOCC2)cc1-c1nn2c(C3CCCC3)nc(C)c2c(=O)[nH]1. The van der Waals surface area contributed by atoms with Gasteiger partial charge in [-0.25, -0.2) is 9.50 Å². The van der Waals surface area contributed by atoms with Crippen LogP contribution >= 0.6 is 0 Å². The zero-order valence-electron chi connectivity index (χ0n) is 19.9. The van der Waals surface area contributed by atoms with Crippen molar-refractivity contribution in [1.82, 2.24) is 23.9 Å². The van der Waals surface area contributed by atoms with Crippen molar-refractivity contribution in [3.63, 3.8) is 0 Å². The molecule has 0 atom stereocenters. The monoisotopic (exact) mass is 502 g/mol. The molecule has 3 aromatic rings. The van der Waals surface area contributed by atoms with Gasteiger partial charge in [0.2, 0.25) is 0 Å². The first-order chi connectivity index (χ1) is 16.9. The van der Waals surface area contributed by atoms with Crippen LogP contribution in [-0.4, -0.2) is 65.2 Å². The molecule has 1 aliphatic heterocycles. The second kappa shape index (κ2) is 9.59. The first-order valence-corrected chi connectivity index (χ1v) is 13.4. The van der Waals surface area contributed by atoms with E-state index in [0.717, 1.165) is 31.5 Å². The summed E-state index contributed by atoms with van der Waals surface area (Å²) >= 11 is 0. The molecule has 0 amide bonds. The fourth-order valence-electron chi connectivity index (χ4n) is 4.82. The Hall–Kier alpha value is -2.96. The Labute approximate surface area is 203 Å². The van der Waals surface area contributed by atoms with Crippen LogP contribution < -0.4 is 15.0 Å². The fraction of sp³-hybridized carbons (Fsp3) is 0.522. The van der Waals surface area contributed by atoms with Crippen LogP contribution in [0.3, 0.4) is 0 Å². The van der Waals surface area contributed by atoms with Gasteiger partial charge in [-0.2, -0.15) is 12.7 Å². The van der Waals surface area contributed by atoms with Crippen molar-refractivity contribution in [1.29, 1.82) is 0 Å². The van der Waals surface area contributed by atoms with Crippen molar-refractivity contribution >= 4 is 21.4 Å². The summed E-state index contributed by atoms with van der Waals surface area (Å²) in [7, 11) is -3.76. The number of ether oxygens (including phenoxy) is 2. The molecule has 3 heterocycles. The Bertz CT molecular complexity index is 1390. The number of nitrogens with one attached hydrogen (secondary N) is 2. The minimum absolute atomic E-state index is 0.261. The molecule has 1 saturated carbocycles. The molecule has 2 N–H and O–H groups in total. The van der Waals surface area contributed by atoms with Gasteiger partial charge in [-0.3, -0.25) is 9.52 Å². The van der Waals surface area contributed by atoms with E-state index in [1.54, 1.807) is 22.7 Å². The van der Waals surface area contributed by atoms with Crippen molar-refractivity contribution in [2.24, 2.45) is 0 Å². The Morgan fingerprint density at radius 3 is 2.69 bits per heavy atom. The van der Waals surface area contributed by atoms with E-state index >= 15 is 0 Å². The van der Waals surface area contributed by atoms with Crippen LogP contribution in [0.4, 0.5) is 5.69 Å². The number of H-pyrrole nitrogens is 1. The van der Waals surface area contributed by atoms with Gasteiger partial charge in [-0.05, 0) is 44.9 Å². The number of morpholine rings is 1. The first kappa shape index (κ1) is 23.8. The zero-order chi connectivity index (χ0) is 24.6. The lowest BCUT2D eigenvalue weighted by atomic mass is 10.1. The Morgan fingerprint density at radius 1 is 1.23 bits per heavy atom. The second-order valence-corrected chi connectivity index (χ2v) is 10.5. The molecule has 35 heavy (non-hydrogen) atoms. The van der Waals surface area contributed by atoms with Crippen LogP contribution in [0.1, 0.15) is 50.0 Å². The Balaban J connectivity index is 1.58. The van der Waals surface area contributed by atoms with Crippen molar-refractivity contribution in [3.05, 3.63) is 40.1 Å². The third kappa shape index (κ3) is 4.65. The third-order valence-corrected chi connectivity index (χ3v) is 8.05. The standard InChI is InChI=1S/C23H30N6O5S/c1-3-34-19-9-8-17(27-35(31,32)28-10-12-33-13-11-28)14-18(19)21-25-23(30)20-15(2)24-22(29(20)26-21)16-6-4-5-7-16/h8-9,14,16,27H,3-7,10-13H2,1-2H3,(H,25,26,30). The minimum atomic E-state index is -3.76. The number of aromatic nitrogens is 4. The number of aryl methyl sites for hydroxylation is 1. The lowest BCUT2D eigenvalue weighted by Crippen LogP contribution is -2.43. The predicted octanol–water partition coefficient (Wildman–Crippen LogP) is 2.44. The molecule has 1 aromatic carbocycles. The van der Waals surface area contributed by atoms with Crippen LogP contribution in [0.5, 0.6) is 5.75 Å². The fourth-order valence-corrected chi connectivity index (χ4v) is 6.01. The largest absolute Gasteiger partial charge is 0.493 e. The van der Waals surface area contributed by atoms with E-state index in [1.807, 2.05) is 13.8 Å². The Kier molecular flexibility index (Phi) is 6.51. The van der Waals surface area contributed by atoms with Crippen LogP contribution in [0, 0.1) is 6.92 Å². The molecule has 1 saturated heterocycles. The molecule has 0 radical (unpaired) electrons. The molecule has 0 unspecified atom stereocenters. The van der Waals surface area contributed by atoms with E-state index < -0.39 is 10.2 Å². The summed E-state index contributed by atoms with van der Waals surface area (Å²) in [6, 6.07) is 4.94. The van der Waals surface area contributed by atoms with Crippen LogP contribution in [-0.2, 0) is 14.9 Å². The maximum Gasteiger partial charge on any atom is 0.301 e. The molecule has 11 nitrogen and oxygen atoms in total. The van der Waals surface area contributed by atoms with Gasteiger partial charge in [0.25, 0.3) is 5.56 Å². The van der Waals surface area contributed by atoms with Crippen molar-refractivity contribution in [3.8, 4) is 17.1 Å². The minimum Gasteiger partial charge on any atom is -0.493 e. The summed E-state index contributed by atoms with van der Waals surface area (Å²) in [4.78, 5) is 20.6. The second-order valence-electron chi connectivity index (χ2n) is 8.86. The van der Waals surface area contributed by atoms with E-state index in [-0.39, 0.29) is 30.4 Å². The number of hydrogen-bond acceptors (Lipinski definition) is 7. The highest BCUT2D eigenvalue weighted by Gasteiger charge is 2.27. The number of anilines is 1. The molecule has 2 fully saturated rings. The van der Waals surface area contributed by atoms with E-state index in [2.05, 4.69) is 14.7 Å². The summed E-state index contributed by atoms with van der Waals surface area (Å²) in [5.41, 5.74) is 1.60. The number of imidazole rings is 1. The van der Waals surface area contributed by atoms with Crippen molar-refractivity contribution in [2.75, 3.05) is 37.6 Å². The van der Waals surface area contributed by atoms with E-state index in [9.17, 15) is 13.2 Å². The molecule has 0 bridgehead atoms. The lowest BCUT2D eigenvalue weighted by Gasteiger charge is -2.26. The average molecular weight is 503 g/mol. The summed E-state index contributed by atoms with van der Waals surface area (Å²) in [5.74, 6) is 1.83. The number of fused-ring (bicyclic) bond motifs is 1. The van der Waals surface area contributed by atoms with E-state index in [4.69, 9.17) is 14.6 Å². The molecule has 5 rings (SSSR count). The molecular formula is C23H30N6O5S. The quantitative estimate of drug-likeness (QED) is 0.507. The molecule has 1 aliphatic carbocycles. The molecule has 12 heteroatoms. The highest BCUT2D eigenvalue weighted by molar-refractivity contribution is 7.90. The lowest BCUT2D eigenvalue weighted by molar-refractivity contribution is 0.0733. The molecular weight excluding hydrogens is 472 g/mol. The van der Waals surface area contributed by atoms with Gasteiger partial charge in [-0.15, -0.1) is 5.10 Å². The predicted molar refractivity (Wildman–Crippen MR) is 131 cm³/mol. The number of nitrogens with zero attached hydrogens (tertiary/aromatic N) is 4. The van der Waals surface area contributed by atoms with Gasteiger partial charge in [0.1, 0.15) is 11.6 Å². The van der Waals surface area contributed by atoms with Gasteiger partial charge < -0.3 is 14.5 Å². The van der Waals surface area contributed by atoms with Crippen LogP contribution in [0.15, 0.2) is 23.0 Å². The smallest absolute Gasteiger partial charge is 0.301 e. The molecule has 188 valence electrons. The van der Waals surface area contributed by atoms with Crippen LogP contribution in [0.25, 0.3) is 16.9 Å². The van der Waals surface area contributed by atoms with Gasteiger partial charge in [0.15, 0.2) is 11.3 Å². The first-order valence-electron chi connectivity index (χ1n) is 12.0. The molecule has 0 spiro atoms. The highest BCUT2D eigenvalue weighted by Crippen LogP contribution is 2.35. The topological polar surface area (TPSA) is 131 Å². The highest BCUT2D eigenvalue weighted by atomic mass is 32.2. The maximum atomic E-state index is 13.1. The summed E-state index contributed by atoms with van der Waals surface area (Å²) in [6.45, 7) is 5.36. The average Bonchev–Trinajstić information content (AvgIpc) is 3.49. The van der Waals surface area contributed by atoms with Gasteiger partial charge in [-0.1, -0.05) is 12.8 Å². The number of aromatic amines is 1. The number of rotatable bonds is 7. The summed E-state index contributed by atoms with van der Waals surface area (Å²) in [6.07, 6.45) is 4.31. The molecule has 2 aromatic heterocycles. The Morgan fingerprint density at radius 2 is 1.97 bits per heavy atom.